The van der Waals surface area contributed by atoms with E-state index in [0.717, 1.165) is 29.9 Å². The molecule has 0 aliphatic rings. The first kappa shape index (κ1) is 18.5. The molecule has 0 aliphatic carbocycles. The number of imidazole rings is 1. The number of hydrogen-bond donors (Lipinski definition) is 3. The first-order valence-electron chi connectivity index (χ1n) is 9.46. The minimum atomic E-state index is 0.398. The molecule has 148 valence electrons. The summed E-state index contributed by atoms with van der Waals surface area (Å²) in [6, 6.07) is 7.91. The highest BCUT2D eigenvalue weighted by Crippen LogP contribution is 2.17. The van der Waals surface area contributed by atoms with Gasteiger partial charge in [0.25, 0.3) is 0 Å². The van der Waals surface area contributed by atoms with E-state index >= 15 is 0 Å². The third-order valence-corrected chi connectivity index (χ3v) is 4.33. The molecular formula is C19H22N10. The number of aromatic nitrogens is 7. The van der Waals surface area contributed by atoms with E-state index < -0.39 is 0 Å². The second kappa shape index (κ2) is 8.46. The van der Waals surface area contributed by atoms with E-state index in [4.69, 9.17) is 0 Å². The van der Waals surface area contributed by atoms with Crippen LogP contribution in [-0.2, 0) is 6.54 Å². The Bertz CT molecular complexity index is 1040. The molecule has 0 amide bonds. The van der Waals surface area contributed by atoms with Gasteiger partial charge in [-0.25, -0.2) is 9.97 Å². The quantitative estimate of drug-likeness (QED) is 0.417. The predicted octanol–water partition coefficient (Wildman–Crippen LogP) is 2.74. The molecule has 10 heteroatoms. The third kappa shape index (κ3) is 4.37. The van der Waals surface area contributed by atoms with Crippen molar-refractivity contribution in [3.05, 3.63) is 48.7 Å². The first-order valence-corrected chi connectivity index (χ1v) is 9.46. The van der Waals surface area contributed by atoms with E-state index in [1.54, 1.807) is 18.6 Å². The Hall–Kier alpha value is -3.82. The molecule has 0 bridgehead atoms. The number of H-pyrrole nitrogens is 1. The summed E-state index contributed by atoms with van der Waals surface area (Å²) in [5.74, 6) is 2.80. The van der Waals surface area contributed by atoms with Crippen LogP contribution in [0.3, 0.4) is 0 Å². The highest BCUT2D eigenvalue weighted by Gasteiger charge is 2.12. The molecule has 0 saturated carbocycles. The van der Waals surface area contributed by atoms with Crippen LogP contribution in [0.25, 0.3) is 11.0 Å². The van der Waals surface area contributed by atoms with Crippen molar-refractivity contribution in [1.29, 1.82) is 0 Å². The second-order valence-electron chi connectivity index (χ2n) is 6.22. The fourth-order valence-corrected chi connectivity index (χ4v) is 2.88. The lowest BCUT2D eigenvalue weighted by molar-refractivity contribution is 0.812. The van der Waals surface area contributed by atoms with Gasteiger partial charge in [-0.1, -0.05) is 12.1 Å². The molecule has 1 aromatic carbocycles. The molecule has 0 fully saturated rings. The normalized spacial score (nSPS) is 10.8. The van der Waals surface area contributed by atoms with Gasteiger partial charge in [-0.15, -0.1) is 0 Å². The van der Waals surface area contributed by atoms with Gasteiger partial charge in [-0.3, -0.25) is 4.98 Å². The predicted molar refractivity (Wildman–Crippen MR) is 112 cm³/mol. The van der Waals surface area contributed by atoms with Gasteiger partial charge in [0.15, 0.2) is 5.82 Å². The zero-order valence-electron chi connectivity index (χ0n) is 16.3. The van der Waals surface area contributed by atoms with Crippen molar-refractivity contribution < 1.29 is 0 Å². The molecular weight excluding hydrogens is 368 g/mol. The fourth-order valence-electron chi connectivity index (χ4n) is 2.88. The maximum Gasteiger partial charge on any atom is 0.235 e. The van der Waals surface area contributed by atoms with Crippen molar-refractivity contribution in [3.8, 4) is 0 Å². The molecule has 0 unspecified atom stereocenters. The number of anilines is 4. The summed E-state index contributed by atoms with van der Waals surface area (Å²) in [6.45, 7) is 6.15. The Kier molecular flexibility index (Phi) is 5.41. The lowest BCUT2D eigenvalue weighted by atomic mass is 10.3. The molecule has 4 aromatic rings. The summed E-state index contributed by atoms with van der Waals surface area (Å²) < 4.78 is 0. The highest BCUT2D eigenvalue weighted by atomic mass is 15.3. The van der Waals surface area contributed by atoms with Gasteiger partial charge < -0.3 is 20.5 Å². The van der Waals surface area contributed by atoms with E-state index in [1.165, 1.54) is 0 Å². The molecule has 4 rings (SSSR count). The summed E-state index contributed by atoms with van der Waals surface area (Å²) in [5, 5.41) is 6.31. The summed E-state index contributed by atoms with van der Waals surface area (Å²) >= 11 is 0. The minimum absolute atomic E-state index is 0.398. The smallest absolute Gasteiger partial charge is 0.235 e. The zero-order valence-corrected chi connectivity index (χ0v) is 16.3. The van der Waals surface area contributed by atoms with Crippen LogP contribution in [0.15, 0.2) is 42.9 Å². The van der Waals surface area contributed by atoms with Gasteiger partial charge in [0, 0.05) is 25.5 Å². The molecule has 0 radical (unpaired) electrons. The Balaban J connectivity index is 1.58. The van der Waals surface area contributed by atoms with Crippen LogP contribution < -0.4 is 15.5 Å². The van der Waals surface area contributed by atoms with Crippen LogP contribution in [-0.4, -0.2) is 48.0 Å². The van der Waals surface area contributed by atoms with Crippen LogP contribution in [0, 0.1) is 0 Å². The Labute approximate surface area is 167 Å². The van der Waals surface area contributed by atoms with Gasteiger partial charge in [0.1, 0.15) is 5.82 Å². The summed E-state index contributed by atoms with van der Waals surface area (Å²) in [6.07, 6.45) is 4.83. The monoisotopic (exact) mass is 390 g/mol. The highest BCUT2D eigenvalue weighted by molar-refractivity contribution is 5.74. The molecule has 10 nitrogen and oxygen atoms in total. The molecule has 29 heavy (non-hydrogen) atoms. The number of benzene rings is 1. The van der Waals surface area contributed by atoms with Gasteiger partial charge in [0.05, 0.1) is 23.8 Å². The zero-order chi connectivity index (χ0) is 20.1. The van der Waals surface area contributed by atoms with Crippen LogP contribution >= 0.6 is 0 Å². The van der Waals surface area contributed by atoms with Crippen LogP contribution in [0.5, 0.6) is 0 Å². The summed E-state index contributed by atoms with van der Waals surface area (Å²) in [4.78, 5) is 31.7. The van der Waals surface area contributed by atoms with Crippen molar-refractivity contribution in [1.82, 2.24) is 34.9 Å². The summed E-state index contributed by atoms with van der Waals surface area (Å²) in [7, 11) is 0. The summed E-state index contributed by atoms with van der Waals surface area (Å²) in [5.41, 5.74) is 1.92. The van der Waals surface area contributed by atoms with Crippen molar-refractivity contribution in [2.75, 3.05) is 28.6 Å². The number of para-hydroxylation sites is 2. The molecule has 0 aliphatic heterocycles. The standard InChI is InChI=1S/C19H22N10/c1-3-29(4-2)19-27-17(26-18(28-19)25-15-11-20-9-10-21-15)22-12-16-23-13-7-5-6-8-14(13)24-16/h5-11H,3-4,12H2,1-2H3,(H,23,24)(H2,21,22,25,26,27,28). The van der Waals surface area contributed by atoms with Crippen LogP contribution in [0.4, 0.5) is 23.7 Å². The molecule has 3 heterocycles. The molecule has 3 N–H and O–H groups in total. The maximum absolute atomic E-state index is 4.57. The number of aromatic amines is 1. The Morgan fingerprint density at radius 2 is 1.79 bits per heavy atom. The number of nitrogens with one attached hydrogen (secondary N) is 3. The van der Waals surface area contributed by atoms with Crippen molar-refractivity contribution >= 4 is 34.7 Å². The van der Waals surface area contributed by atoms with Gasteiger partial charge in [-0.05, 0) is 26.0 Å². The lowest BCUT2D eigenvalue weighted by Crippen LogP contribution is -2.25. The maximum atomic E-state index is 4.57. The third-order valence-electron chi connectivity index (χ3n) is 4.33. The van der Waals surface area contributed by atoms with E-state index in [-0.39, 0.29) is 0 Å². The number of fused-ring (bicyclic) bond motifs is 1. The topological polar surface area (TPSA) is 120 Å². The second-order valence-corrected chi connectivity index (χ2v) is 6.22. The number of hydrogen-bond acceptors (Lipinski definition) is 9. The van der Waals surface area contributed by atoms with E-state index in [2.05, 4.69) is 64.3 Å². The van der Waals surface area contributed by atoms with Gasteiger partial charge in [-0.2, -0.15) is 15.0 Å². The average Bonchev–Trinajstić information content (AvgIpc) is 3.17. The van der Waals surface area contributed by atoms with E-state index in [1.807, 2.05) is 24.3 Å². The molecule has 0 atom stereocenters. The molecule has 0 saturated heterocycles. The number of nitrogens with zero attached hydrogens (tertiary/aromatic N) is 7. The van der Waals surface area contributed by atoms with Crippen molar-refractivity contribution in [2.45, 2.75) is 20.4 Å². The Morgan fingerprint density at radius 1 is 0.966 bits per heavy atom. The average molecular weight is 390 g/mol. The molecule has 3 aromatic heterocycles. The van der Waals surface area contributed by atoms with Crippen LogP contribution in [0.2, 0.25) is 0 Å². The van der Waals surface area contributed by atoms with Crippen LogP contribution in [0.1, 0.15) is 19.7 Å². The lowest BCUT2D eigenvalue weighted by Gasteiger charge is -2.19. The van der Waals surface area contributed by atoms with Gasteiger partial charge in [0.2, 0.25) is 17.8 Å². The fraction of sp³-hybridized carbons (Fsp3) is 0.263. The van der Waals surface area contributed by atoms with Gasteiger partial charge >= 0.3 is 0 Å². The molecule has 0 spiro atoms. The number of rotatable bonds is 8. The first-order chi connectivity index (χ1) is 14.2. The van der Waals surface area contributed by atoms with E-state index in [9.17, 15) is 0 Å². The SMILES string of the molecule is CCN(CC)c1nc(NCc2nc3ccccc3[nH]2)nc(Nc2cnccn2)n1. The minimum Gasteiger partial charge on any atom is -0.347 e. The Morgan fingerprint density at radius 3 is 2.55 bits per heavy atom. The van der Waals surface area contributed by atoms with Crippen molar-refractivity contribution in [2.24, 2.45) is 0 Å². The van der Waals surface area contributed by atoms with Crippen molar-refractivity contribution in [3.63, 3.8) is 0 Å². The van der Waals surface area contributed by atoms with E-state index in [0.29, 0.717) is 30.2 Å². The largest absolute Gasteiger partial charge is 0.347 e.